The van der Waals surface area contributed by atoms with Crippen LogP contribution >= 0.6 is 11.3 Å². The average Bonchev–Trinajstić information content (AvgIpc) is 3.83. The van der Waals surface area contributed by atoms with Gasteiger partial charge in [-0.15, -0.1) is 11.3 Å². The molecule has 2 nitrogen and oxygen atoms in total. The lowest BCUT2D eigenvalue weighted by atomic mass is 9.91. The number of benzene rings is 9. The molecule has 0 unspecified atom stereocenters. The maximum Gasteiger partial charge on any atom is 0.159 e. The molecule has 11 aromatic rings. The van der Waals surface area contributed by atoms with Gasteiger partial charge in [0.15, 0.2) is 5.58 Å². The van der Waals surface area contributed by atoms with Crippen molar-refractivity contribution in [2.24, 2.45) is 0 Å². The van der Waals surface area contributed by atoms with E-state index in [1.54, 1.807) is 0 Å². The van der Waals surface area contributed by atoms with Crippen LogP contribution in [0.15, 0.2) is 205 Å². The Hall–Kier alpha value is -6.94. The third-order valence-electron chi connectivity index (χ3n) is 10.9. The van der Waals surface area contributed by atoms with Crippen LogP contribution in [0.4, 0.5) is 17.1 Å². The Kier molecular flexibility index (Phi) is 7.39. The van der Waals surface area contributed by atoms with E-state index in [1.807, 2.05) is 17.4 Å². The first kappa shape index (κ1) is 31.6. The topological polar surface area (TPSA) is 16.4 Å². The second-order valence-corrected chi connectivity index (χ2v) is 15.1. The van der Waals surface area contributed by atoms with Gasteiger partial charge < -0.3 is 9.32 Å². The van der Waals surface area contributed by atoms with Gasteiger partial charge in [-0.2, -0.15) is 0 Å². The summed E-state index contributed by atoms with van der Waals surface area (Å²) < 4.78 is 9.30. The molecular formula is C52H33NOS. The lowest BCUT2D eigenvalue weighted by Gasteiger charge is -2.27. The lowest BCUT2D eigenvalue weighted by Crippen LogP contribution is -2.10. The van der Waals surface area contributed by atoms with Crippen molar-refractivity contribution in [1.29, 1.82) is 0 Å². The molecule has 55 heavy (non-hydrogen) atoms. The smallest absolute Gasteiger partial charge is 0.159 e. The van der Waals surface area contributed by atoms with Crippen molar-refractivity contribution in [3.63, 3.8) is 0 Å². The van der Waals surface area contributed by atoms with Gasteiger partial charge in [0.1, 0.15) is 5.58 Å². The Morgan fingerprint density at radius 2 is 1.02 bits per heavy atom. The Balaban J connectivity index is 1.14. The van der Waals surface area contributed by atoms with Crippen molar-refractivity contribution < 1.29 is 4.42 Å². The molecule has 0 N–H and O–H groups in total. The average molecular weight is 720 g/mol. The minimum absolute atomic E-state index is 0.863. The molecule has 9 aromatic carbocycles. The Morgan fingerprint density at radius 3 is 1.91 bits per heavy atom. The first-order valence-corrected chi connectivity index (χ1v) is 19.5. The van der Waals surface area contributed by atoms with E-state index in [0.717, 1.165) is 39.0 Å². The summed E-state index contributed by atoms with van der Waals surface area (Å²) in [6, 6.07) is 72.2. The van der Waals surface area contributed by atoms with E-state index >= 15 is 0 Å². The molecular weight excluding hydrogens is 687 g/mol. The number of rotatable bonds is 6. The molecule has 0 aliphatic carbocycles. The second kappa shape index (κ2) is 12.9. The number of fused-ring (bicyclic) bond motifs is 7. The zero-order valence-electron chi connectivity index (χ0n) is 29.8. The molecule has 0 radical (unpaired) electrons. The van der Waals surface area contributed by atoms with Crippen molar-refractivity contribution in [3.8, 4) is 33.4 Å². The highest BCUT2D eigenvalue weighted by Gasteiger charge is 2.22. The van der Waals surface area contributed by atoms with Gasteiger partial charge in [0.05, 0.1) is 5.69 Å². The Bertz CT molecular complexity index is 3200. The minimum Gasteiger partial charge on any atom is -0.454 e. The van der Waals surface area contributed by atoms with E-state index in [-0.39, 0.29) is 0 Å². The fourth-order valence-electron chi connectivity index (χ4n) is 8.36. The summed E-state index contributed by atoms with van der Waals surface area (Å²) in [6.45, 7) is 0. The zero-order valence-corrected chi connectivity index (χ0v) is 30.6. The third kappa shape index (κ3) is 5.24. The summed E-state index contributed by atoms with van der Waals surface area (Å²) in [4.78, 5) is 2.36. The summed E-state index contributed by atoms with van der Waals surface area (Å²) in [6.07, 6.45) is 0. The Morgan fingerprint density at radius 1 is 0.382 bits per heavy atom. The molecule has 2 heterocycles. The largest absolute Gasteiger partial charge is 0.454 e. The van der Waals surface area contributed by atoms with Crippen LogP contribution in [-0.4, -0.2) is 0 Å². The van der Waals surface area contributed by atoms with Crippen LogP contribution in [0.25, 0.3) is 86.3 Å². The molecule has 258 valence electrons. The fraction of sp³-hybridized carbons (Fsp3) is 0. The quantitative estimate of drug-likeness (QED) is 0.170. The van der Waals surface area contributed by atoms with Crippen LogP contribution in [0.5, 0.6) is 0 Å². The highest BCUT2D eigenvalue weighted by Crippen LogP contribution is 2.47. The van der Waals surface area contributed by atoms with Gasteiger partial charge in [0.2, 0.25) is 0 Å². The SMILES string of the molecule is c1ccc(-c2cc(N(c3ccc(-c4cccc5ccccc45)cc3)c3cccc4c3oc3ccccc34)ccc2-c2cccc3sc4ccccc4c23)cc1. The van der Waals surface area contributed by atoms with E-state index in [0.29, 0.717) is 0 Å². The van der Waals surface area contributed by atoms with Crippen molar-refractivity contribution in [3.05, 3.63) is 200 Å². The van der Waals surface area contributed by atoms with E-state index in [4.69, 9.17) is 4.42 Å². The van der Waals surface area contributed by atoms with Gasteiger partial charge in [0, 0.05) is 42.3 Å². The van der Waals surface area contributed by atoms with Crippen molar-refractivity contribution in [1.82, 2.24) is 0 Å². The maximum atomic E-state index is 6.70. The lowest BCUT2D eigenvalue weighted by molar-refractivity contribution is 0.669. The number of hydrogen-bond acceptors (Lipinski definition) is 3. The molecule has 0 aliphatic heterocycles. The number of para-hydroxylation sites is 2. The number of nitrogens with zero attached hydrogens (tertiary/aromatic N) is 1. The summed E-state index contributed by atoms with van der Waals surface area (Å²) in [5.74, 6) is 0. The summed E-state index contributed by atoms with van der Waals surface area (Å²) in [7, 11) is 0. The predicted molar refractivity (Wildman–Crippen MR) is 235 cm³/mol. The second-order valence-electron chi connectivity index (χ2n) is 14.0. The molecule has 0 bridgehead atoms. The number of furan rings is 1. The Labute approximate surface area is 322 Å². The summed E-state index contributed by atoms with van der Waals surface area (Å²) in [5, 5.41) is 7.30. The molecule has 0 spiro atoms. The van der Waals surface area contributed by atoms with E-state index < -0.39 is 0 Å². The van der Waals surface area contributed by atoms with Crippen molar-refractivity contribution in [2.45, 2.75) is 0 Å². The van der Waals surface area contributed by atoms with Crippen LogP contribution < -0.4 is 4.90 Å². The molecule has 0 atom stereocenters. The van der Waals surface area contributed by atoms with Gasteiger partial charge in [-0.3, -0.25) is 0 Å². The van der Waals surface area contributed by atoms with Gasteiger partial charge in [-0.05, 0) is 92.7 Å². The normalized spacial score (nSPS) is 11.6. The van der Waals surface area contributed by atoms with Crippen LogP contribution in [0.3, 0.4) is 0 Å². The molecule has 0 fully saturated rings. The van der Waals surface area contributed by atoms with Gasteiger partial charge in [-0.1, -0.05) is 152 Å². The third-order valence-corrected chi connectivity index (χ3v) is 12.0. The van der Waals surface area contributed by atoms with Gasteiger partial charge >= 0.3 is 0 Å². The highest BCUT2D eigenvalue weighted by molar-refractivity contribution is 7.25. The first-order valence-electron chi connectivity index (χ1n) is 18.7. The van der Waals surface area contributed by atoms with Gasteiger partial charge in [-0.25, -0.2) is 0 Å². The maximum absolute atomic E-state index is 6.70. The van der Waals surface area contributed by atoms with Crippen LogP contribution in [0.2, 0.25) is 0 Å². The van der Waals surface area contributed by atoms with E-state index in [2.05, 4.69) is 199 Å². The van der Waals surface area contributed by atoms with Crippen molar-refractivity contribution in [2.75, 3.05) is 4.90 Å². The number of hydrogen-bond donors (Lipinski definition) is 0. The molecule has 11 rings (SSSR count). The molecule has 0 saturated heterocycles. The van der Waals surface area contributed by atoms with Crippen molar-refractivity contribution >= 4 is 81.3 Å². The zero-order chi connectivity index (χ0) is 36.3. The fourth-order valence-corrected chi connectivity index (χ4v) is 9.50. The standard InChI is InChI=1S/C52H33NOS/c1-2-13-35(14-3-1)46-33-38(31-32-41(46)43-21-12-26-50-51(43)45-19-7-9-25-49(45)55-50)53(47-23-11-22-44-42-18-6-8-24-48(42)54-52(44)47)37-29-27-36(28-30-37)40-20-10-16-34-15-4-5-17-39(34)40/h1-33H. The van der Waals surface area contributed by atoms with E-state index in [1.165, 1.54) is 64.3 Å². The van der Waals surface area contributed by atoms with E-state index in [9.17, 15) is 0 Å². The molecule has 2 aromatic heterocycles. The highest BCUT2D eigenvalue weighted by atomic mass is 32.1. The predicted octanol–water partition coefficient (Wildman–Crippen LogP) is 15.6. The molecule has 0 amide bonds. The number of anilines is 3. The molecule has 0 aliphatic rings. The molecule has 0 saturated carbocycles. The number of thiophene rings is 1. The summed E-state index contributed by atoms with van der Waals surface area (Å²) in [5.41, 5.74) is 12.0. The van der Waals surface area contributed by atoms with Crippen LogP contribution in [-0.2, 0) is 0 Å². The monoisotopic (exact) mass is 719 g/mol. The first-order chi connectivity index (χ1) is 27.3. The summed E-state index contributed by atoms with van der Waals surface area (Å²) >= 11 is 1.86. The van der Waals surface area contributed by atoms with Crippen LogP contribution in [0.1, 0.15) is 0 Å². The van der Waals surface area contributed by atoms with Crippen LogP contribution in [0, 0.1) is 0 Å². The molecule has 3 heteroatoms. The minimum atomic E-state index is 0.863. The van der Waals surface area contributed by atoms with Gasteiger partial charge in [0.25, 0.3) is 0 Å².